The molecule has 0 aromatic heterocycles. The van der Waals surface area contributed by atoms with Crippen molar-refractivity contribution in [1.82, 2.24) is 26.6 Å². The number of carbonyl (C=O) groups excluding carboxylic acids is 4. The summed E-state index contributed by atoms with van der Waals surface area (Å²) in [6.07, 6.45) is 0.330. The minimum absolute atomic E-state index is 0.0608. The fourth-order valence-electron chi connectivity index (χ4n) is 3.17. The first kappa shape index (κ1) is 24.0. The van der Waals surface area contributed by atoms with Crippen LogP contribution in [0.25, 0.3) is 0 Å². The zero-order valence-corrected chi connectivity index (χ0v) is 16.8. The fraction of sp³-hybridized carbons (Fsp3) is 0.647. The first-order valence-corrected chi connectivity index (χ1v) is 9.84. The van der Waals surface area contributed by atoms with E-state index >= 15 is 0 Å². The van der Waals surface area contributed by atoms with E-state index in [2.05, 4.69) is 31.6 Å². The molecule has 4 amide bonds. The van der Waals surface area contributed by atoms with Gasteiger partial charge in [-0.3, -0.25) is 29.5 Å². The van der Waals surface area contributed by atoms with Crippen LogP contribution in [0.2, 0.25) is 0 Å². The third-order valence-electron chi connectivity index (χ3n) is 4.80. The molecule has 4 unspecified atom stereocenters. The lowest BCUT2D eigenvalue weighted by Gasteiger charge is -2.17. The summed E-state index contributed by atoms with van der Waals surface area (Å²) in [6, 6.07) is -3.31. The number of hydrogen-bond acceptors (Lipinski definition) is 9. The Labute approximate surface area is 177 Å². The average Bonchev–Trinajstić information content (AvgIpc) is 3.15. The van der Waals surface area contributed by atoms with E-state index in [0.717, 1.165) is 0 Å². The molecule has 0 saturated carbocycles. The quantitative estimate of drug-likeness (QED) is 0.196. The summed E-state index contributed by atoms with van der Waals surface area (Å²) in [5.74, 6) is -3.70. The molecule has 10 N–H and O–H groups in total. The third-order valence-corrected chi connectivity index (χ3v) is 4.80. The highest BCUT2D eigenvalue weighted by atomic mass is 16.4. The summed E-state index contributed by atoms with van der Waals surface area (Å²) in [7, 11) is 0. The molecule has 0 spiro atoms. The highest BCUT2D eigenvalue weighted by molar-refractivity contribution is 5.98. The van der Waals surface area contributed by atoms with Crippen LogP contribution in [0.3, 0.4) is 0 Å². The predicted octanol–water partition coefficient (Wildman–Crippen LogP) is -4.54. The molecule has 0 aliphatic carbocycles. The molecule has 1 fully saturated rings. The number of nitrogens with zero attached hydrogens (tertiary/aromatic N) is 1. The van der Waals surface area contributed by atoms with Gasteiger partial charge in [0.25, 0.3) is 0 Å². The highest BCUT2D eigenvalue weighted by Gasteiger charge is 2.31. The number of fused-ring (bicyclic) bond motifs is 2. The van der Waals surface area contributed by atoms with Crippen LogP contribution in [-0.4, -0.2) is 84.5 Å². The van der Waals surface area contributed by atoms with Crippen molar-refractivity contribution >= 4 is 35.6 Å². The molecule has 0 aromatic rings. The van der Waals surface area contributed by atoms with Crippen LogP contribution >= 0.6 is 0 Å². The van der Waals surface area contributed by atoms with Gasteiger partial charge in [-0.25, -0.2) is 4.79 Å². The maximum atomic E-state index is 12.3. The Hall–Kier alpha value is -3.26. The number of nitrogens with one attached hydrogen (secondary N) is 5. The van der Waals surface area contributed by atoms with E-state index < -0.39 is 54.3 Å². The van der Waals surface area contributed by atoms with Crippen LogP contribution in [0.1, 0.15) is 25.7 Å². The van der Waals surface area contributed by atoms with Gasteiger partial charge in [-0.05, 0) is 19.3 Å². The number of nitrogens with two attached hydrogens (primary N) is 2. The number of amides is 4. The number of hydrogen-bond donors (Lipinski definition) is 8. The SMILES string of the molecule is NC1=NCCCC(C(=O)O)NC(=O)CNC(=O)C(N)CC(=O)NC2CNC(C2)C(=O)N1. The largest absolute Gasteiger partial charge is 0.480 e. The van der Waals surface area contributed by atoms with Crippen LogP contribution in [0, 0.1) is 0 Å². The maximum absolute atomic E-state index is 12.3. The summed E-state index contributed by atoms with van der Waals surface area (Å²) in [5.41, 5.74) is 11.4. The first-order chi connectivity index (χ1) is 14.7. The number of rotatable bonds is 1. The minimum atomic E-state index is -1.25. The smallest absolute Gasteiger partial charge is 0.326 e. The van der Waals surface area contributed by atoms with Gasteiger partial charge in [0, 0.05) is 19.1 Å². The second-order valence-corrected chi connectivity index (χ2v) is 7.35. The summed E-state index contributed by atoms with van der Waals surface area (Å²) < 4.78 is 0. The molecule has 1 saturated heterocycles. The van der Waals surface area contributed by atoms with Crippen LogP contribution in [-0.2, 0) is 24.0 Å². The Morgan fingerprint density at radius 3 is 2.55 bits per heavy atom. The number of aliphatic carboxylic acids is 1. The minimum Gasteiger partial charge on any atom is -0.480 e. The third kappa shape index (κ3) is 7.82. The second kappa shape index (κ2) is 11.2. The van der Waals surface area contributed by atoms with E-state index in [4.69, 9.17) is 11.5 Å². The lowest BCUT2D eigenvalue weighted by molar-refractivity contribution is -0.142. The van der Waals surface area contributed by atoms with Crippen molar-refractivity contribution in [2.24, 2.45) is 16.5 Å². The van der Waals surface area contributed by atoms with Gasteiger partial charge in [-0.1, -0.05) is 0 Å². The Kier molecular flexibility index (Phi) is 8.69. The first-order valence-electron chi connectivity index (χ1n) is 9.84. The van der Waals surface area contributed by atoms with Crippen molar-refractivity contribution < 1.29 is 29.1 Å². The normalized spacial score (nSPS) is 29.6. The number of carboxylic acid groups (broad SMARTS) is 1. The highest BCUT2D eigenvalue weighted by Crippen LogP contribution is 2.07. The van der Waals surface area contributed by atoms with E-state index in [1.807, 2.05) is 0 Å². The van der Waals surface area contributed by atoms with Crippen molar-refractivity contribution in [2.45, 2.75) is 49.9 Å². The molecule has 0 aromatic carbocycles. The Morgan fingerprint density at radius 2 is 1.84 bits per heavy atom. The number of guanidine groups is 1. The lowest BCUT2D eigenvalue weighted by atomic mass is 10.1. The van der Waals surface area contributed by atoms with E-state index in [9.17, 15) is 29.1 Å². The van der Waals surface area contributed by atoms with Gasteiger partial charge in [0.05, 0.1) is 25.0 Å². The topological polar surface area (TPSA) is 230 Å². The van der Waals surface area contributed by atoms with Gasteiger partial charge < -0.3 is 37.8 Å². The van der Waals surface area contributed by atoms with Gasteiger partial charge in [0.2, 0.25) is 23.6 Å². The van der Waals surface area contributed by atoms with Gasteiger partial charge >= 0.3 is 5.97 Å². The summed E-state index contributed by atoms with van der Waals surface area (Å²) in [4.78, 5) is 63.7. The van der Waals surface area contributed by atoms with E-state index in [0.29, 0.717) is 13.0 Å². The van der Waals surface area contributed by atoms with Crippen molar-refractivity contribution in [3.05, 3.63) is 0 Å². The van der Waals surface area contributed by atoms with Gasteiger partial charge in [-0.2, -0.15) is 0 Å². The van der Waals surface area contributed by atoms with Crippen LogP contribution in [0.5, 0.6) is 0 Å². The second-order valence-electron chi connectivity index (χ2n) is 7.35. The molecule has 14 heteroatoms. The van der Waals surface area contributed by atoms with Crippen molar-refractivity contribution in [3.63, 3.8) is 0 Å². The van der Waals surface area contributed by atoms with Crippen LogP contribution < -0.4 is 38.1 Å². The number of aliphatic imine (C=N–C) groups is 1. The molecule has 4 atom stereocenters. The van der Waals surface area contributed by atoms with Gasteiger partial charge in [-0.15, -0.1) is 0 Å². The zero-order valence-electron chi connectivity index (χ0n) is 16.8. The van der Waals surface area contributed by atoms with E-state index in [-0.39, 0.29) is 37.8 Å². The van der Waals surface area contributed by atoms with Crippen LogP contribution in [0.4, 0.5) is 0 Å². The summed E-state index contributed by atoms with van der Waals surface area (Å²) in [5, 5.41) is 21.9. The average molecular weight is 440 g/mol. The molecule has 2 aliphatic rings. The molecular weight excluding hydrogens is 412 g/mol. The monoisotopic (exact) mass is 440 g/mol. The molecule has 2 heterocycles. The Bertz CT molecular complexity index is 757. The number of carbonyl (C=O) groups is 5. The molecule has 2 aliphatic heterocycles. The molecule has 172 valence electrons. The Morgan fingerprint density at radius 1 is 1.10 bits per heavy atom. The molecule has 14 nitrogen and oxygen atoms in total. The predicted molar refractivity (Wildman–Crippen MR) is 107 cm³/mol. The maximum Gasteiger partial charge on any atom is 0.326 e. The van der Waals surface area contributed by atoms with E-state index in [1.165, 1.54) is 0 Å². The fourth-order valence-corrected chi connectivity index (χ4v) is 3.17. The molecule has 2 bridgehead atoms. The Balaban J connectivity index is 2.07. The number of carboxylic acids is 1. The molecule has 31 heavy (non-hydrogen) atoms. The molecule has 2 rings (SSSR count). The van der Waals surface area contributed by atoms with Gasteiger partial charge in [0.15, 0.2) is 5.96 Å². The summed E-state index contributed by atoms with van der Waals surface area (Å²) >= 11 is 0. The summed E-state index contributed by atoms with van der Waals surface area (Å²) in [6.45, 7) is -0.00349. The van der Waals surface area contributed by atoms with Crippen molar-refractivity contribution in [1.29, 1.82) is 0 Å². The van der Waals surface area contributed by atoms with Crippen molar-refractivity contribution in [3.8, 4) is 0 Å². The standard InChI is InChI=1S/C17H28N8O6/c18-9-5-12(26)23-8-4-11(21-6-8)15(29)25-17(19)20-3-1-2-10(16(30)31)24-13(27)7-22-14(9)28/h8-11,21H,1-7,18H2,(H,22,28)(H,23,26)(H,24,27)(H,30,31)(H3,19,20,25,29). The lowest BCUT2D eigenvalue weighted by Crippen LogP contribution is -2.50. The molecule has 0 radical (unpaired) electrons. The van der Waals surface area contributed by atoms with E-state index in [1.54, 1.807) is 0 Å². The van der Waals surface area contributed by atoms with Gasteiger partial charge in [0.1, 0.15) is 6.04 Å². The van der Waals surface area contributed by atoms with Crippen molar-refractivity contribution in [2.75, 3.05) is 19.6 Å². The molecular formula is C17H28N8O6. The zero-order chi connectivity index (χ0) is 23.0. The van der Waals surface area contributed by atoms with Crippen LogP contribution in [0.15, 0.2) is 4.99 Å².